The molecule has 6 nitrogen and oxygen atoms in total. The minimum Gasteiger partial charge on any atom is -0.352 e. The molecular formula is C19H21BrN4O2. The van der Waals surface area contributed by atoms with Gasteiger partial charge in [0.15, 0.2) is 0 Å². The first kappa shape index (κ1) is 18.4. The van der Waals surface area contributed by atoms with E-state index < -0.39 is 0 Å². The number of benzene rings is 1. The van der Waals surface area contributed by atoms with Gasteiger partial charge in [-0.15, -0.1) is 0 Å². The van der Waals surface area contributed by atoms with Gasteiger partial charge in [-0.05, 0) is 36.4 Å². The van der Waals surface area contributed by atoms with Gasteiger partial charge in [0.1, 0.15) is 5.82 Å². The Morgan fingerprint density at radius 3 is 2.46 bits per heavy atom. The molecule has 1 N–H and O–H groups in total. The molecule has 0 aliphatic carbocycles. The van der Waals surface area contributed by atoms with Crippen LogP contribution in [-0.4, -0.2) is 47.9 Å². The largest absolute Gasteiger partial charge is 0.352 e. The first-order chi connectivity index (χ1) is 12.6. The van der Waals surface area contributed by atoms with Crippen LogP contribution in [0.2, 0.25) is 0 Å². The van der Waals surface area contributed by atoms with Crippen molar-refractivity contribution < 1.29 is 9.59 Å². The number of piperazine rings is 1. The van der Waals surface area contributed by atoms with Crippen molar-refractivity contribution in [1.29, 1.82) is 0 Å². The molecule has 136 valence electrons. The Labute approximate surface area is 161 Å². The summed E-state index contributed by atoms with van der Waals surface area (Å²) in [6.07, 6.45) is 2.21. The number of nitrogens with one attached hydrogen (secondary N) is 1. The number of rotatable bonds is 4. The Balaban J connectivity index is 1.73. The van der Waals surface area contributed by atoms with Crippen molar-refractivity contribution in [2.75, 3.05) is 36.4 Å². The van der Waals surface area contributed by atoms with Crippen molar-refractivity contribution in [1.82, 2.24) is 9.88 Å². The number of pyridine rings is 1. The lowest BCUT2D eigenvalue weighted by Gasteiger charge is -2.36. The Morgan fingerprint density at radius 1 is 1.12 bits per heavy atom. The molecule has 1 aliphatic rings. The van der Waals surface area contributed by atoms with Crippen molar-refractivity contribution in [3.8, 4) is 0 Å². The van der Waals surface area contributed by atoms with Gasteiger partial charge in [0.2, 0.25) is 5.91 Å². The molecule has 1 aliphatic heterocycles. The summed E-state index contributed by atoms with van der Waals surface area (Å²) in [5.41, 5.74) is 1.26. The fourth-order valence-electron chi connectivity index (χ4n) is 2.95. The summed E-state index contributed by atoms with van der Waals surface area (Å²) >= 11 is 3.38. The first-order valence-corrected chi connectivity index (χ1v) is 9.42. The van der Waals surface area contributed by atoms with E-state index in [1.807, 2.05) is 36.1 Å². The third kappa shape index (κ3) is 4.22. The number of halogens is 1. The molecule has 0 atom stereocenters. The van der Waals surface area contributed by atoms with Gasteiger partial charge in [-0.3, -0.25) is 9.59 Å². The number of carbonyl (C=O) groups excluding carboxylic acids is 2. The summed E-state index contributed by atoms with van der Waals surface area (Å²) in [5, 5.41) is 2.91. The summed E-state index contributed by atoms with van der Waals surface area (Å²) < 4.78 is 0.956. The molecule has 0 spiro atoms. The first-order valence-electron chi connectivity index (χ1n) is 8.63. The van der Waals surface area contributed by atoms with Crippen LogP contribution in [-0.2, 0) is 4.79 Å². The van der Waals surface area contributed by atoms with Crippen molar-refractivity contribution in [2.45, 2.75) is 13.3 Å². The minimum atomic E-state index is -0.192. The van der Waals surface area contributed by atoms with Crippen LogP contribution in [0.5, 0.6) is 0 Å². The molecule has 1 aromatic carbocycles. The number of anilines is 2. The number of hydrogen-bond donors (Lipinski definition) is 1. The standard InChI is InChI=1S/C19H21BrN4O2/c1-2-17(25)23-10-12-24(13-11-23)18-16(4-3-9-21-18)19(26)22-15-7-5-14(20)6-8-15/h3-9H,2,10-13H2,1H3,(H,22,26). The SMILES string of the molecule is CCC(=O)N1CCN(c2ncccc2C(=O)Nc2ccc(Br)cc2)CC1. The fraction of sp³-hybridized carbons (Fsp3) is 0.316. The van der Waals surface area contributed by atoms with Gasteiger partial charge in [-0.2, -0.15) is 0 Å². The predicted octanol–water partition coefficient (Wildman–Crippen LogP) is 3.16. The number of nitrogens with zero attached hydrogens (tertiary/aromatic N) is 3. The highest BCUT2D eigenvalue weighted by Gasteiger charge is 2.24. The zero-order valence-electron chi connectivity index (χ0n) is 14.6. The second-order valence-electron chi connectivity index (χ2n) is 6.06. The molecule has 3 rings (SSSR count). The zero-order valence-corrected chi connectivity index (χ0v) is 16.2. The van der Waals surface area contributed by atoms with Crippen LogP contribution in [0.1, 0.15) is 23.7 Å². The van der Waals surface area contributed by atoms with Gasteiger partial charge >= 0.3 is 0 Å². The van der Waals surface area contributed by atoms with E-state index in [1.165, 1.54) is 0 Å². The molecular weight excluding hydrogens is 396 g/mol. The van der Waals surface area contributed by atoms with Gasteiger partial charge in [0.05, 0.1) is 5.56 Å². The van der Waals surface area contributed by atoms with E-state index in [-0.39, 0.29) is 11.8 Å². The number of amides is 2. The van der Waals surface area contributed by atoms with Crippen LogP contribution in [0.25, 0.3) is 0 Å². The van der Waals surface area contributed by atoms with Crippen molar-refractivity contribution in [3.05, 3.63) is 52.6 Å². The summed E-state index contributed by atoms with van der Waals surface area (Å²) in [4.78, 5) is 32.9. The quantitative estimate of drug-likeness (QED) is 0.830. The van der Waals surface area contributed by atoms with E-state index >= 15 is 0 Å². The topological polar surface area (TPSA) is 65.5 Å². The summed E-state index contributed by atoms with van der Waals surface area (Å²) in [6.45, 7) is 4.51. The summed E-state index contributed by atoms with van der Waals surface area (Å²) in [5.74, 6) is 0.632. The third-order valence-corrected chi connectivity index (χ3v) is 4.90. The highest BCUT2D eigenvalue weighted by Crippen LogP contribution is 2.21. The predicted molar refractivity (Wildman–Crippen MR) is 105 cm³/mol. The maximum absolute atomic E-state index is 12.7. The van der Waals surface area contributed by atoms with Gasteiger partial charge in [-0.25, -0.2) is 4.98 Å². The molecule has 0 unspecified atom stereocenters. The van der Waals surface area contributed by atoms with Crippen LogP contribution in [0.3, 0.4) is 0 Å². The van der Waals surface area contributed by atoms with Crippen LogP contribution in [0.4, 0.5) is 11.5 Å². The number of aromatic nitrogens is 1. The molecule has 2 heterocycles. The van der Waals surface area contributed by atoms with Crippen molar-refractivity contribution in [3.63, 3.8) is 0 Å². The summed E-state index contributed by atoms with van der Waals surface area (Å²) in [7, 11) is 0. The monoisotopic (exact) mass is 416 g/mol. The normalized spacial score (nSPS) is 14.2. The highest BCUT2D eigenvalue weighted by atomic mass is 79.9. The Kier molecular flexibility index (Phi) is 5.88. The molecule has 2 aromatic rings. The second kappa shape index (κ2) is 8.31. The lowest BCUT2D eigenvalue weighted by molar-refractivity contribution is -0.131. The Hall–Kier alpha value is -2.41. The van der Waals surface area contributed by atoms with Crippen LogP contribution in [0, 0.1) is 0 Å². The highest BCUT2D eigenvalue weighted by molar-refractivity contribution is 9.10. The van der Waals surface area contributed by atoms with E-state index in [0.717, 1.165) is 10.2 Å². The maximum Gasteiger partial charge on any atom is 0.259 e. The van der Waals surface area contributed by atoms with E-state index in [9.17, 15) is 9.59 Å². The van der Waals surface area contributed by atoms with Crippen molar-refractivity contribution >= 4 is 39.2 Å². The zero-order chi connectivity index (χ0) is 18.5. The van der Waals surface area contributed by atoms with Gasteiger partial charge in [0.25, 0.3) is 5.91 Å². The lowest BCUT2D eigenvalue weighted by Crippen LogP contribution is -2.49. The average molecular weight is 417 g/mol. The molecule has 0 saturated carbocycles. The number of carbonyl (C=O) groups is 2. The van der Waals surface area contributed by atoms with E-state index in [0.29, 0.717) is 44.0 Å². The third-order valence-electron chi connectivity index (χ3n) is 4.37. The van der Waals surface area contributed by atoms with Gasteiger partial charge in [0, 0.05) is 49.0 Å². The van der Waals surface area contributed by atoms with Crippen LogP contribution >= 0.6 is 15.9 Å². The van der Waals surface area contributed by atoms with Gasteiger partial charge < -0.3 is 15.1 Å². The smallest absolute Gasteiger partial charge is 0.259 e. The van der Waals surface area contributed by atoms with E-state index in [1.54, 1.807) is 18.3 Å². The van der Waals surface area contributed by atoms with Gasteiger partial charge in [-0.1, -0.05) is 22.9 Å². The molecule has 0 radical (unpaired) electrons. The van der Waals surface area contributed by atoms with Crippen LogP contribution < -0.4 is 10.2 Å². The Bertz CT molecular complexity index is 786. The maximum atomic E-state index is 12.7. The lowest BCUT2D eigenvalue weighted by atomic mass is 10.2. The molecule has 1 saturated heterocycles. The minimum absolute atomic E-state index is 0.166. The number of hydrogen-bond acceptors (Lipinski definition) is 4. The summed E-state index contributed by atoms with van der Waals surface area (Å²) in [6, 6.07) is 11.0. The molecule has 0 bridgehead atoms. The molecule has 1 fully saturated rings. The second-order valence-corrected chi connectivity index (χ2v) is 6.97. The van der Waals surface area contributed by atoms with E-state index in [4.69, 9.17) is 0 Å². The van der Waals surface area contributed by atoms with Crippen LogP contribution in [0.15, 0.2) is 47.1 Å². The molecule has 7 heteroatoms. The average Bonchev–Trinajstić information content (AvgIpc) is 2.69. The Morgan fingerprint density at radius 2 is 1.81 bits per heavy atom. The molecule has 26 heavy (non-hydrogen) atoms. The van der Waals surface area contributed by atoms with Crippen molar-refractivity contribution in [2.24, 2.45) is 0 Å². The molecule has 1 aromatic heterocycles. The van der Waals surface area contributed by atoms with E-state index in [2.05, 4.69) is 31.1 Å². The molecule has 2 amide bonds. The fourth-order valence-corrected chi connectivity index (χ4v) is 3.21.